The topological polar surface area (TPSA) is 95.9 Å². The average Bonchev–Trinajstić information content (AvgIpc) is 2.84. The van der Waals surface area contributed by atoms with Gasteiger partial charge in [0, 0.05) is 5.56 Å². The minimum Gasteiger partial charge on any atom is -0.480 e. The molecule has 0 spiro atoms. The smallest absolute Gasteiger partial charge is 0.480 e. The van der Waals surface area contributed by atoms with Crippen molar-refractivity contribution in [3.05, 3.63) is 28.8 Å². The molecule has 0 radical (unpaired) electrons. The number of hydrogen-bond donors (Lipinski definition) is 3. The predicted molar refractivity (Wildman–Crippen MR) is 86.7 cm³/mol. The number of fused-ring (bicyclic) bond motifs is 1. The van der Waals surface area contributed by atoms with Crippen LogP contribution in [0.5, 0.6) is 0 Å². The van der Waals surface area contributed by atoms with Crippen molar-refractivity contribution >= 4 is 24.5 Å². The molecule has 2 rings (SSSR count). The number of carboxylic acids is 1. The molecule has 1 aliphatic rings. The Morgan fingerprint density at radius 3 is 2.43 bits per heavy atom. The maximum absolute atomic E-state index is 12.6. The molecule has 0 aromatic heterocycles. The summed E-state index contributed by atoms with van der Waals surface area (Å²) >= 11 is 0. The van der Waals surface area contributed by atoms with E-state index in [1.54, 1.807) is 26.0 Å². The number of nitrogens with one attached hydrogen (secondary N) is 1. The standard InChI is InChI=1S/C16H22BNO5/c1-8(2)12-11(6-5-10-7-23-17(22)13(10)12)15(19)18-14(9(3)4)16(20)21/h5-6,8-9,14,22H,7H2,1-4H3,(H,18,19)(H,20,21)/t14-/m0/s1. The number of amides is 1. The van der Waals surface area contributed by atoms with E-state index < -0.39 is 25.0 Å². The molecule has 0 fully saturated rings. The highest BCUT2D eigenvalue weighted by molar-refractivity contribution is 6.62. The Morgan fingerprint density at radius 2 is 1.91 bits per heavy atom. The van der Waals surface area contributed by atoms with E-state index in [1.807, 2.05) is 13.8 Å². The van der Waals surface area contributed by atoms with Crippen LogP contribution in [0.1, 0.15) is 55.1 Å². The molecule has 1 heterocycles. The van der Waals surface area contributed by atoms with Crippen LogP contribution in [0.15, 0.2) is 12.1 Å². The van der Waals surface area contributed by atoms with Gasteiger partial charge in [0.1, 0.15) is 6.04 Å². The molecular formula is C16H22BNO5. The van der Waals surface area contributed by atoms with Gasteiger partial charge in [-0.25, -0.2) is 4.79 Å². The molecule has 0 aliphatic carbocycles. The van der Waals surface area contributed by atoms with Crippen LogP contribution in [0, 0.1) is 5.92 Å². The number of carbonyl (C=O) groups excluding carboxylic acids is 1. The van der Waals surface area contributed by atoms with Crippen molar-refractivity contribution in [3.63, 3.8) is 0 Å². The summed E-state index contributed by atoms with van der Waals surface area (Å²) < 4.78 is 5.24. The van der Waals surface area contributed by atoms with Crippen molar-refractivity contribution < 1.29 is 24.4 Å². The van der Waals surface area contributed by atoms with Gasteiger partial charge in [-0.1, -0.05) is 33.8 Å². The lowest BCUT2D eigenvalue weighted by Crippen LogP contribution is -2.45. The van der Waals surface area contributed by atoms with Crippen molar-refractivity contribution in [2.45, 2.75) is 46.3 Å². The molecule has 6 nitrogen and oxygen atoms in total. The van der Waals surface area contributed by atoms with Gasteiger partial charge in [0.25, 0.3) is 5.91 Å². The number of carboxylic acid groups (broad SMARTS) is 1. The molecule has 0 saturated heterocycles. The first-order valence-corrected chi connectivity index (χ1v) is 7.73. The molecule has 7 heteroatoms. The van der Waals surface area contributed by atoms with Crippen LogP contribution < -0.4 is 10.8 Å². The highest BCUT2D eigenvalue weighted by Gasteiger charge is 2.34. The summed E-state index contributed by atoms with van der Waals surface area (Å²) in [6, 6.07) is 2.46. The third kappa shape index (κ3) is 3.40. The third-order valence-corrected chi connectivity index (χ3v) is 4.06. The number of aliphatic carboxylic acids is 1. The number of rotatable bonds is 5. The monoisotopic (exact) mass is 319 g/mol. The van der Waals surface area contributed by atoms with Gasteiger partial charge in [-0.3, -0.25) is 4.79 Å². The molecular weight excluding hydrogens is 297 g/mol. The summed E-state index contributed by atoms with van der Waals surface area (Å²) in [5, 5.41) is 21.8. The van der Waals surface area contributed by atoms with Gasteiger partial charge in [0.15, 0.2) is 0 Å². The Kier molecular flexibility index (Phi) is 5.11. The van der Waals surface area contributed by atoms with Crippen LogP contribution in [0.4, 0.5) is 0 Å². The van der Waals surface area contributed by atoms with Crippen LogP contribution >= 0.6 is 0 Å². The van der Waals surface area contributed by atoms with Crippen molar-refractivity contribution in [2.24, 2.45) is 5.92 Å². The fourth-order valence-corrected chi connectivity index (χ4v) is 2.90. The predicted octanol–water partition coefficient (Wildman–Crippen LogP) is 0.867. The maximum Gasteiger partial charge on any atom is 0.492 e. The average molecular weight is 319 g/mol. The molecule has 0 saturated carbocycles. The van der Waals surface area contributed by atoms with E-state index in [-0.39, 0.29) is 11.8 Å². The summed E-state index contributed by atoms with van der Waals surface area (Å²) in [4.78, 5) is 23.9. The summed E-state index contributed by atoms with van der Waals surface area (Å²) in [5.41, 5.74) is 2.58. The van der Waals surface area contributed by atoms with Crippen LogP contribution in [-0.2, 0) is 16.1 Å². The summed E-state index contributed by atoms with van der Waals surface area (Å²) in [5.74, 6) is -1.76. The van der Waals surface area contributed by atoms with Gasteiger partial charge < -0.3 is 20.1 Å². The molecule has 0 unspecified atom stereocenters. The molecule has 23 heavy (non-hydrogen) atoms. The van der Waals surface area contributed by atoms with Crippen LogP contribution in [0.2, 0.25) is 0 Å². The lowest BCUT2D eigenvalue weighted by molar-refractivity contribution is -0.140. The van der Waals surface area contributed by atoms with Crippen LogP contribution in [0.25, 0.3) is 0 Å². The van der Waals surface area contributed by atoms with E-state index in [0.29, 0.717) is 23.2 Å². The largest absolute Gasteiger partial charge is 0.492 e. The molecule has 1 aliphatic heterocycles. The third-order valence-electron chi connectivity index (χ3n) is 4.06. The molecule has 1 aromatic rings. The van der Waals surface area contributed by atoms with Gasteiger partial charge in [0.2, 0.25) is 0 Å². The number of benzene rings is 1. The minimum absolute atomic E-state index is 0.00984. The zero-order valence-corrected chi connectivity index (χ0v) is 13.8. The van der Waals surface area contributed by atoms with Gasteiger partial charge in [0.05, 0.1) is 6.61 Å². The Balaban J connectivity index is 2.42. The highest BCUT2D eigenvalue weighted by atomic mass is 16.5. The first-order chi connectivity index (χ1) is 10.7. The van der Waals surface area contributed by atoms with Crippen molar-refractivity contribution in [1.29, 1.82) is 0 Å². The van der Waals surface area contributed by atoms with Crippen molar-refractivity contribution in [3.8, 4) is 0 Å². The molecule has 0 bridgehead atoms. The maximum atomic E-state index is 12.6. The van der Waals surface area contributed by atoms with Crippen molar-refractivity contribution in [1.82, 2.24) is 5.32 Å². The normalized spacial score (nSPS) is 15.0. The highest BCUT2D eigenvalue weighted by Crippen LogP contribution is 2.24. The van der Waals surface area contributed by atoms with E-state index in [4.69, 9.17) is 4.65 Å². The van der Waals surface area contributed by atoms with Crippen LogP contribution in [-0.4, -0.2) is 35.2 Å². The molecule has 1 amide bonds. The number of hydrogen-bond acceptors (Lipinski definition) is 4. The lowest BCUT2D eigenvalue weighted by Gasteiger charge is -2.21. The molecule has 3 N–H and O–H groups in total. The molecule has 1 aromatic carbocycles. The quantitative estimate of drug-likeness (QED) is 0.700. The summed E-state index contributed by atoms with van der Waals surface area (Å²) in [6.45, 7) is 7.64. The fraction of sp³-hybridized carbons (Fsp3) is 0.500. The minimum atomic E-state index is -1.07. The number of carbonyl (C=O) groups is 2. The Morgan fingerprint density at radius 1 is 1.26 bits per heavy atom. The first-order valence-electron chi connectivity index (χ1n) is 7.73. The second kappa shape index (κ2) is 6.72. The lowest BCUT2D eigenvalue weighted by atomic mass is 9.72. The second-order valence-corrected chi connectivity index (χ2v) is 6.45. The van der Waals surface area contributed by atoms with E-state index >= 15 is 0 Å². The van der Waals surface area contributed by atoms with E-state index in [0.717, 1.165) is 5.56 Å². The zero-order chi connectivity index (χ0) is 17.3. The Bertz CT molecular complexity index is 629. The Labute approximate surface area is 136 Å². The SMILES string of the molecule is CC(C)c1c(C(=O)N[C@H](C(=O)O)C(C)C)ccc2c1B(O)OC2. The van der Waals surface area contributed by atoms with E-state index in [1.165, 1.54) is 0 Å². The van der Waals surface area contributed by atoms with Gasteiger partial charge in [-0.15, -0.1) is 0 Å². The van der Waals surface area contributed by atoms with Crippen LogP contribution in [0.3, 0.4) is 0 Å². The van der Waals surface area contributed by atoms with E-state index in [9.17, 15) is 19.7 Å². The van der Waals surface area contributed by atoms with Crippen molar-refractivity contribution in [2.75, 3.05) is 0 Å². The van der Waals surface area contributed by atoms with Gasteiger partial charge >= 0.3 is 13.1 Å². The fourth-order valence-electron chi connectivity index (χ4n) is 2.90. The Hall–Kier alpha value is -1.86. The molecule has 124 valence electrons. The second-order valence-electron chi connectivity index (χ2n) is 6.45. The zero-order valence-electron chi connectivity index (χ0n) is 13.8. The summed E-state index contributed by atoms with van der Waals surface area (Å²) in [7, 11) is -1.05. The first kappa shape index (κ1) is 17.5. The van der Waals surface area contributed by atoms with E-state index in [2.05, 4.69) is 5.32 Å². The molecule has 1 atom stereocenters. The van der Waals surface area contributed by atoms with Gasteiger partial charge in [-0.2, -0.15) is 0 Å². The van der Waals surface area contributed by atoms with Gasteiger partial charge in [-0.05, 0) is 34.5 Å². The summed E-state index contributed by atoms with van der Waals surface area (Å²) in [6.07, 6.45) is 0.